The van der Waals surface area contributed by atoms with Crippen molar-refractivity contribution in [1.82, 2.24) is 5.32 Å². The molecule has 0 saturated carbocycles. The molecule has 1 aromatic rings. The first-order valence-electron chi connectivity index (χ1n) is 7.48. The van der Waals surface area contributed by atoms with Crippen LogP contribution in [0.4, 0.5) is 0 Å². The first-order valence-corrected chi connectivity index (χ1v) is 7.48. The molecule has 0 aliphatic carbocycles. The van der Waals surface area contributed by atoms with Gasteiger partial charge in [0.15, 0.2) is 6.10 Å². The highest BCUT2D eigenvalue weighted by Crippen LogP contribution is 2.24. The Labute approximate surface area is 122 Å². The fourth-order valence-corrected chi connectivity index (χ4v) is 2.10. The number of carbonyl (C=O) groups excluding carboxylic acids is 1. The highest BCUT2D eigenvalue weighted by molar-refractivity contribution is 5.80. The molecule has 0 fully saturated rings. The second kappa shape index (κ2) is 7.93. The van der Waals surface area contributed by atoms with Crippen molar-refractivity contribution in [2.75, 3.05) is 6.54 Å². The predicted octanol–water partition coefficient (Wildman–Crippen LogP) is 3.69. The van der Waals surface area contributed by atoms with E-state index in [2.05, 4.69) is 25.2 Å². The molecule has 0 heterocycles. The number of benzene rings is 1. The highest BCUT2D eigenvalue weighted by Gasteiger charge is 2.15. The molecule has 1 amide bonds. The number of hydrogen-bond donors (Lipinski definition) is 1. The van der Waals surface area contributed by atoms with E-state index in [1.807, 2.05) is 19.9 Å². The van der Waals surface area contributed by atoms with Crippen molar-refractivity contribution in [1.29, 1.82) is 0 Å². The van der Waals surface area contributed by atoms with E-state index < -0.39 is 6.10 Å². The summed E-state index contributed by atoms with van der Waals surface area (Å²) >= 11 is 0. The first kappa shape index (κ1) is 16.5. The molecule has 3 nitrogen and oxygen atoms in total. The number of nitrogens with one attached hydrogen (secondary N) is 1. The lowest BCUT2D eigenvalue weighted by Crippen LogP contribution is -2.37. The van der Waals surface area contributed by atoms with Gasteiger partial charge < -0.3 is 10.1 Å². The summed E-state index contributed by atoms with van der Waals surface area (Å²) in [6.45, 7) is 10.8. The van der Waals surface area contributed by atoms with Gasteiger partial charge in [0.25, 0.3) is 5.91 Å². The van der Waals surface area contributed by atoms with Gasteiger partial charge in [-0.15, -0.1) is 0 Å². The van der Waals surface area contributed by atoms with Crippen LogP contribution in [0.1, 0.15) is 49.8 Å². The molecule has 3 heteroatoms. The standard InChI is InChI=1S/C17H27NO2/c1-6-7-8-9-18-17(19)15(5)20-16-11-12(2)10-13(3)14(16)4/h10-11,15H,6-9H2,1-5H3,(H,18,19). The number of carbonyl (C=O) groups is 1. The molecule has 0 aromatic heterocycles. The van der Waals surface area contributed by atoms with E-state index in [0.29, 0.717) is 0 Å². The summed E-state index contributed by atoms with van der Waals surface area (Å²) in [5.41, 5.74) is 3.44. The minimum atomic E-state index is -0.462. The van der Waals surface area contributed by atoms with E-state index in [1.54, 1.807) is 6.92 Å². The zero-order valence-electron chi connectivity index (χ0n) is 13.4. The maximum Gasteiger partial charge on any atom is 0.260 e. The van der Waals surface area contributed by atoms with Gasteiger partial charge in [-0.2, -0.15) is 0 Å². The Hall–Kier alpha value is -1.51. The molecule has 0 aliphatic rings. The number of ether oxygens (including phenoxy) is 1. The monoisotopic (exact) mass is 277 g/mol. The minimum absolute atomic E-state index is 0.0420. The zero-order chi connectivity index (χ0) is 15.1. The van der Waals surface area contributed by atoms with Gasteiger partial charge >= 0.3 is 0 Å². The average molecular weight is 277 g/mol. The van der Waals surface area contributed by atoms with Crippen LogP contribution in [0, 0.1) is 20.8 Å². The van der Waals surface area contributed by atoms with Gasteiger partial charge in [0, 0.05) is 6.54 Å². The summed E-state index contributed by atoms with van der Waals surface area (Å²) in [7, 11) is 0. The Balaban J connectivity index is 2.57. The summed E-state index contributed by atoms with van der Waals surface area (Å²) in [5.74, 6) is 0.762. The van der Waals surface area contributed by atoms with Crippen LogP contribution in [-0.2, 0) is 4.79 Å². The van der Waals surface area contributed by atoms with Crippen LogP contribution >= 0.6 is 0 Å². The summed E-state index contributed by atoms with van der Waals surface area (Å²) in [6.07, 6.45) is 2.86. The lowest BCUT2D eigenvalue weighted by atomic mass is 10.1. The molecule has 1 aromatic carbocycles. The number of unbranched alkanes of at least 4 members (excludes halogenated alkanes) is 2. The quantitative estimate of drug-likeness (QED) is 0.772. The summed E-state index contributed by atoms with van der Waals surface area (Å²) in [4.78, 5) is 12.0. The van der Waals surface area contributed by atoms with Gasteiger partial charge in [-0.05, 0) is 56.9 Å². The Bertz CT molecular complexity index is 455. The van der Waals surface area contributed by atoms with Crippen molar-refractivity contribution in [2.24, 2.45) is 0 Å². The van der Waals surface area contributed by atoms with E-state index in [-0.39, 0.29) is 5.91 Å². The molecule has 112 valence electrons. The third kappa shape index (κ3) is 4.87. The zero-order valence-corrected chi connectivity index (χ0v) is 13.4. The summed E-state index contributed by atoms with van der Waals surface area (Å²) in [6, 6.07) is 4.11. The fraction of sp³-hybridized carbons (Fsp3) is 0.588. The molecule has 0 spiro atoms. The first-order chi connectivity index (χ1) is 9.45. The fourth-order valence-electron chi connectivity index (χ4n) is 2.10. The maximum absolute atomic E-state index is 12.0. The average Bonchev–Trinajstić information content (AvgIpc) is 2.40. The van der Waals surface area contributed by atoms with Gasteiger partial charge in [0.2, 0.25) is 0 Å². The molecule has 1 atom stereocenters. The van der Waals surface area contributed by atoms with Crippen LogP contribution in [0.15, 0.2) is 12.1 Å². The van der Waals surface area contributed by atoms with E-state index >= 15 is 0 Å². The molecular weight excluding hydrogens is 250 g/mol. The van der Waals surface area contributed by atoms with E-state index in [4.69, 9.17) is 4.74 Å². The number of amides is 1. The molecule has 1 unspecified atom stereocenters. The van der Waals surface area contributed by atoms with Crippen LogP contribution < -0.4 is 10.1 Å². The van der Waals surface area contributed by atoms with Crippen molar-refractivity contribution in [3.63, 3.8) is 0 Å². The SMILES string of the molecule is CCCCCNC(=O)C(C)Oc1cc(C)cc(C)c1C. The van der Waals surface area contributed by atoms with E-state index in [1.165, 1.54) is 5.56 Å². The van der Waals surface area contributed by atoms with Crippen molar-refractivity contribution in [3.8, 4) is 5.75 Å². The van der Waals surface area contributed by atoms with Gasteiger partial charge in [-0.3, -0.25) is 4.79 Å². The van der Waals surface area contributed by atoms with E-state index in [9.17, 15) is 4.79 Å². The van der Waals surface area contributed by atoms with Crippen LogP contribution in [0.2, 0.25) is 0 Å². The molecule has 0 radical (unpaired) electrons. The second-order valence-corrected chi connectivity index (χ2v) is 5.46. The third-order valence-electron chi connectivity index (χ3n) is 3.52. The van der Waals surface area contributed by atoms with Crippen molar-refractivity contribution in [2.45, 2.75) is 60.0 Å². The lowest BCUT2D eigenvalue weighted by molar-refractivity contribution is -0.127. The predicted molar refractivity (Wildman–Crippen MR) is 83.3 cm³/mol. The van der Waals surface area contributed by atoms with Gasteiger partial charge in [-0.1, -0.05) is 25.8 Å². The highest BCUT2D eigenvalue weighted by atomic mass is 16.5. The summed E-state index contributed by atoms with van der Waals surface area (Å²) in [5, 5.41) is 2.92. The van der Waals surface area contributed by atoms with Crippen LogP contribution in [0.25, 0.3) is 0 Å². The molecule has 0 bridgehead atoms. The van der Waals surface area contributed by atoms with Crippen molar-refractivity contribution in [3.05, 3.63) is 28.8 Å². The molecular formula is C17H27NO2. The number of aryl methyl sites for hydroxylation is 2. The number of hydrogen-bond acceptors (Lipinski definition) is 2. The topological polar surface area (TPSA) is 38.3 Å². The number of rotatable bonds is 7. The lowest BCUT2D eigenvalue weighted by Gasteiger charge is -2.18. The maximum atomic E-state index is 12.0. The van der Waals surface area contributed by atoms with Crippen LogP contribution in [-0.4, -0.2) is 18.6 Å². The van der Waals surface area contributed by atoms with Gasteiger partial charge in [0.05, 0.1) is 0 Å². The Kier molecular flexibility index (Phi) is 6.56. The molecule has 0 aliphatic heterocycles. The largest absolute Gasteiger partial charge is 0.481 e. The third-order valence-corrected chi connectivity index (χ3v) is 3.52. The molecule has 0 saturated heterocycles. The van der Waals surface area contributed by atoms with Crippen molar-refractivity contribution < 1.29 is 9.53 Å². The minimum Gasteiger partial charge on any atom is -0.481 e. The molecule has 1 rings (SSSR count). The van der Waals surface area contributed by atoms with E-state index in [0.717, 1.165) is 42.7 Å². The molecule has 20 heavy (non-hydrogen) atoms. The Morgan fingerprint density at radius 2 is 1.95 bits per heavy atom. The van der Waals surface area contributed by atoms with Gasteiger partial charge in [0.1, 0.15) is 5.75 Å². The normalized spacial score (nSPS) is 12.1. The van der Waals surface area contributed by atoms with Crippen molar-refractivity contribution >= 4 is 5.91 Å². The van der Waals surface area contributed by atoms with Crippen LogP contribution in [0.5, 0.6) is 5.75 Å². The molecule has 1 N–H and O–H groups in total. The Morgan fingerprint density at radius 1 is 1.25 bits per heavy atom. The summed E-state index contributed by atoms with van der Waals surface area (Å²) < 4.78 is 5.81. The Morgan fingerprint density at radius 3 is 2.60 bits per heavy atom. The van der Waals surface area contributed by atoms with Crippen LogP contribution in [0.3, 0.4) is 0 Å². The van der Waals surface area contributed by atoms with Gasteiger partial charge in [-0.25, -0.2) is 0 Å². The smallest absolute Gasteiger partial charge is 0.260 e. The second-order valence-electron chi connectivity index (χ2n) is 5.46.